The number of sulfonamides is 1. The van der Waals surface area contributed by atoms with E-state index in [1.165, 1.54) is 12.1 Å². The van der Waals surface area contributed by atoms with Gasteiger partial charge in [0.1, 0.15) is 6.04 Å². The summed E-state index contributed by atoms with van der Waals surface area (Å²) in [6, 6.07) is 10.8. The molecule has 0 radical (unpaired) electrons. The van der Waals surface area contributed by atoms with Crippen LogP contribution in [0.4, 0.5) is 0 Å². The maximum Gasteiger partial charge on any atom is 0.324 e. The van der Waals surface area contributed by atoms with E-state index in [0.29, 0.717) is 0 Å². The molecule has 0 saturated carbocycles. The molecule has 0 N–H and O–H groups in total. The normalized spacial score (nSPS) is 21.4. The minimum Gasteiger partial charge on any atom is -0.468 e. The number of rotatable bonds is 5. The van der Waals surface area contributed by atoms with Gasteiger partial charge in [0.15, 0.2) is 0 Å². The van der Waals surface area contributed by atoms with Crippen LogP contribution in [0.2, 0.25) is 0 Å². The summed E-state index contributed by atoms with van der Waals surface area (Å²) in [5.41, 5.74) is 0. The molecule has 8 nitrogen and oxygen atoms in total. The van der Waals surface area contributed by atoms with Crippen LogP contribution in [0.15, 0.2) is 47.4 Å². The first kappa shape index (κ1) is 19.7. The first-order chi connectivity index (χ1) is 12.6. The second-order valence-electron chi connectivity index (χ2n) is 6.28. The van der Waals surface area contributed by atoms with Gasteiger partial charge in [-0.15, -0.1) is 0 Å². The third-order valence-electron chi connectivity index (χ3n) is 4.33. The molecule has 0 amide bonds. The minimum absolute atomic E-state index is 0.00936. The van der Waals surface area contributed by atoms with Crippen LogP contribution in [0.5, 0.6) is 0 Å². The van der Waals surface area contributed by atoms with Gasteiger partial charge in [0.05, 0.1) is 24.4 Å². The highest BCUT2D eigenvalue weighted by molar-refractivity contribution is 7.89. The quantitative estimate of drug-likeness (QED) is 0.534. The molecule has 2 aromatic carbocycles. The second-order valence-corrected chi connectivity index (χ2v) is 9.77. The molecule has 1 heterocycles. The average molecular weight is 413 g/mol. The van der Waals surface area contributed by atoms with Gasteiger partial charge in [0.25, 0.3) is 10.1 Å². The van der Waals surface area contributed by atoms with Gasteiger partial charge in [0, 0.05) is 13.0 Å². The molecule has 1 aliphatic rings. The van der Waals surface area contributed by atoms with E-state index in [1.54, 1.807) is 18.2 Å². The molecule has 10 heteroatoms. The van der Waals surface area contributed by atoms with Crippen LogP contribution in [0.1, 0.15) is 6.42 Å². The average Bonchev–Trinajstić information content (AvgIpc) is 3.03. The Labute approximate surface area is 157 Å². The Bertz CT molecular complexity index is 1080. The topological polar surface area (TPSA) is 107 Å². The van der Waals surface area contributed by atoms with E-state index >= 15 is 0 Å². The molecular weight excluding hydrogens is 394 g/mol. The van der Waals surface area contributed by atoms with Crippen molar-refractivity contribution in [1.29, 1.82) is 0 Å². The lowest BCUT2D eigenvalue weighted by Gasteiger charge is -2.22. The second kappa shape index (κ2) is 7.19. The van der Waals surface area contributed by atoms with Crippen LogP contribution >= 0.6 is 0 Å². The summed E-state index contributed by atoms with van der Waals surface area (Å²) in [6.07, 6.45) is -0.188. The highest BCUT2D eigenvalue weighted by Crippen LogP contribution is 2.30. The van der Waals surface area contributed by atoms with E-state index in [2.05, 4.69) is 0 Å². The van der Waals surface area contributed by atoms with E-state index < -0.39 is 38.3 Å². The van der Waals surface area contributed by atoms with Crippen LogP contribution in [0.3, 0.4) is 0 Å². The van der Waals surface area contributed by atoms with Gasteiger partial charge in [-0.05, 0) is 22.9 Å². The summed E-state index contributed by atoms with van der Waals surface area (Å²) >= 11 is 0. The fraction of sp³-hybridized carbons (Fsp3) is 0.353. The molecule has 146 valence electrons. The third kappa shape index (κ3) is 4.13. The number of nitrogens with zero attached hydrogens (tertiary/aromatic N) is 1. The van der Waals surface area contributed by atoms with E-state index in [1.807, 2.05) is 12.1 Å². The predicted octanol–water partition coefficient (Wildman–Crippen LogP) is 1.12. The van der Waals surface area contributed by atoms with Crippen LogP contribution < -0.4 is 0 Å². The van der Waals surface area contributed by atoms with Crippen LogP contribution in [0.25, 0.3) is 10.8 Å². The number of carbonyl (C=O) groups excluding carboxylic acids is 1. The SMILES string of the molecule is COC(=O)C1CC(OS(C)(=O)=O)CN1S(=O)(=O)c1ccc2ccccc2c1. The number of methoxy groups -OCH3 is 1. The monoisotopic (exact) mass is 413 g/mol. The fourth-order valence-corrected chi connectivity index (χ4v) is 5.45. The van der Waals surface area contributed by atoms with Gasteiger partial charge in [-0.1, -0.05) is 30.3 Å². The molecule has 0 bridgehead atoms. The Morgan fingerprint density at radius 1 is 1.07 bits per heavy atom. The minimum atomic E-state index is -4.07. The Kier molecular flexibility index (Phi) is 5.26. The zero-order valence-electron chi connectivity index (χ0n) is 14.7. The van der Waals surface area contributed by atoms with E-state index in [4.69, 9.17) is 8.92 Å². The van der Waals surface area contributed by atoms with E-state index in [9.17, 15) is 21.6 Å². The Hall–Kier alpha value is -2.01. The zero-order chi connectivity index (χ0) is 19.8. The first-order valence-corrected chi connectivity index (χ1v) is 11.3. The molecule has 0 aliphatic carbocycles. The van der Waals surface area contributed by atoms with Crippen LogP contribution in [0, 0.1) is 0 Å². The molecule has 1 saturated heterocycles. The van der Waals surface area contributed by atoms with Crippen molar-refractivity contribution >= 4 is 36.9 Å². The van der Waals surface area contributed by atoms with Crippen molar-refractivity contribution < 1.29 is 30.6 Å². The molecule has 0 aromatic heterocycles. The number of esters is 1. The van der Waals surface area contributed by atoms with Gasteiger partial charge in [-0.25, -0.2) is 8.42 Å². The molecule has 0 spiro atoms. The summed E-state index contributed by atoms with van der Waals surface area (Å²) in [5.74, 6) is -0.765. The fourth-order valence-electron chi connectivity index (χ4n) is 3.16. The summed E-state index contributed by atoms with van der Waals surface area (Å²) in [5, 5.41) is 1.61. The predicted molar refractivity (Wildman–Crippen MR) is 98.0 cm³/mol. The maximum absolute atomic E-state index is 13.1. The summed E-state index contributed by atoms with van der Waals surface area (Å²) in [6.45, 7) is -0.262. The molecule has 2 atom stereocenters. The molecular formula is C17H19NO7S2. The smallest absolute Gasteiger partial charge is 0.324 e. The number of hydrogen-bond donors (Lipinski definition) is 0. The van der Waals surface area contributed by atoms with E-state index in [0.717, 1.165) is 28.4 Å². The van der Waals surface area contributed by atoms with Crippen molar-refractivity contribution in [2.45, 2.75) is 23.5 Å². The molecule has 1 fully saturated rings. The van der Waals surface area contributed by atoms with Crippen molar-refractivity contribution in [3.63, 3.8) is 0 Å². The number of benzene rings is 2. The lowest BCUT2D eigenvalue weighted by Crippen LogP contribution is -2.41. The van der Waals surface area contributed by atoms with Gasteiger partial charge in [0.2, 0.25) is 10.0 Å². The van der Waals surface area contributed by atoms with Crippen LogP contribution in [-0.2, 0) is 33.9 Å². The summed E-state index contributed by atoms with van der Waals surface area (Å²) < 4.78 is 59.6. The van der Waals surface area contributed by atoms with Crippen LogP contribution in [-0.4, -0.2) is 59.2 Å². The standard InChI is InChI=1S/C17H19NO7S2/c1-24-17(19)16-10-14(25-26(2,20)21)11-18(16)27(22,23)15-8-7-12-5-3-4-6-13(12)9-15/h3-9,14,16H,10-11H2,1-2H3. The summed E-state index contributed by atoms with van der Waals surface area (Å²) in [7, 11) is -6.72. The van der Waals surface area contributed by atoms with Gasteiger partial charge in [-0.3, -0.25) is 8.98 Å². The molecule has 2 aromatic rings. The van der Waals surface area contributed by atoms with Crippen molar-refractivity contribution in [2.24, 2.45) is 0 Å². The lowest BCUT2D eigenvalue weighted by atomic mass is 10.1. The molecule has 2 unspecified atom stereocenters. The van der Waals surface area contributed by atoms with Gasteiger partial charge >= 0.3 is 5.97 Å². The van der Waals surface area contributed by atoms with Gasteiger partial charge in [-0.2, -0.15) is 12.7 Å². The van der Waals surface area contributed by atoms with Crippen molar-refractivity contribution in [3.05, 3.63) is 42.5 Å². The van der Waals surface area contributed by atoms with Crippen molar-refractivity contribution in [1.82, 2.24) is 4.31 Å². The molecule has 27 heavy (non-hydrogen) atoms. The Morgan fingerprint density at radius 2 is 1.74 bits per heavy atom. The Morgan fingerprint density at radius 3 is 2.37 bits per heavy atom. The number of hydrogen-bond acceptors (Lipinski definition) is 7. The third-order valence-corrected chi connectivity index (χ3v) is 6.82. The number of carbonyl (C=O) groups is 1. The number of ether oxygens (including phenoxy) is 1. The zero-order valence-corrected chi connectivity index (χ0v) is 16.4. The Balaban J connectivity index is 1.99. The largest absolute Gasteiger partial charge is 0.468 e. The maximum atomic E-state index is 13.1. The highest BCUT2D eigenvalue weighted by atomic mass is 32.2. The molecule has 1 aliphatic heterocycles. The van der Waals surface area contributed by atoms with Gasteiger partial charge < -0.3 is 4.74 Å². The highest BCUT2D eigenvalue weighted by Gasteiger charge is 2.46. The molecule has 3 rings (SSSR count). The lowest BCUT2D eigenvalue weighted by molar-refractivity contribution is -0.144. The number of fused-ring (bicyclic) bond motifs is 1. The summed E-state index contributed by atoms with van der Waals surface area (Å²) in [4.78, 5) is 12.1. The first-order valence-electron chi connectivity index (χ1n) is 8.08. The van der Waals surface area contributed by atoms with Crippen molar-refractivity contribution in [2.75, 3.05) is 19.9 Å². The van der Waals surface area contributed by atoms with Crippen molar-refractivity contribution in [3.8, 4) is 0 Å². The van der Waals surface area contributed by atoms with E-state index in [-0.39, 0.29) is 17.9 Å².